The van der Waals surface area contributed by atoms with Crippen LogP contribution in [0.4, 0.5) is 9.59 Å². The van der Waals surface area contributed by atoms with Gasteiger partial charge >= 0.3 is 12.1 Å². The molecule has 0 fully saturated rings. The van der Waals surface area contributed by atoms with Crippen LogP contribution in [-0.2, 0) is 11.2 Å². The quantitative estimate of drug-likeness (QED) is 0.688. The zero-order valence-electron chi connectivity index (χ0n) is 10.1. The summed E-state index contributed by atoms with van der Waals surface area (Å²) in [5, 5.41) is 0. The Balaban J connectivity index is 2.15. The van der Waals surface area contributed by atoms with Gasteiger partial charge in [-0.3, -0.25) is 4.57 Å². The zero-order valence-corrected chi connectivity index (χ0v) is 10.1. The van der Waals surface area contributed by atoms with Crippen molar-refractivity contribution in [1.29, 1.82) is 0 Å². The fourth-order valence-electron chi connectivity index (χ4n) is 1.62. The summed E-state index contributed by atoms with van der Waals surface area (Å²) in [4.78, 5) is 28.7. The molecule has 6 heteroatoms. The van der Waals surface area contributed by atoms with E-state index in [1.165, 1.54) is 10.9 Å². The Kier molecular flexibility index (Phi) is 2.65. The standard InChI is InChI=1S/C11H15N3O3/c1-11(2,3)17-10(16)13-5-4-8-6-12-7-14(8)9(13)15/h6-7H,4-5H2,1-3H3. The average molecular weight is 237 g/mol. The molecule has 0 saturated heterocycles. The maximum absolute atomic E-state index is 12.0. The topological polar surface area (TPSA) is 64.4 Å². The van der Waals surface area contributed by atoms with Crippen molar-refractivity contribution in [3.63, 3.8) is 0 Å². The number of amides is 2. The third kappa shape index (κ3) is 2.30. The third-order valence-electron chi connectivity index (χ3n) is 2.36. The predicted molar refractivity (Wildman–Crippen MR) is 59.7 cm³/mol. The van der Waals surface area contributed by atoms with Gasteiger partial charge in [-0.2, -0.15) is 0 Å². The molecule has 0 saturated carbocycles. The first kappa shape index (κ1) is 11.6. The van der Waals surface area contributed by atoms with Gasteiger partial charge in [0.2, 0.25) is 0 Å². The van der Waals surface area contributed by atoms with Gasteiger partial charge in [0.25, 0.3) is 0 Å². The number of aromatic nitrogens is 2. The molecule has 6 nitrogen and oxygen atoms in total. The van der Waals surface area contributed by atoms with E-state index in [1.807, 2.05) is 0 Å². The molecule has 0 bridgehead atoms. The molecular weight excluding hydrogens is 222 g/mol. The van der Waals surface area contributed by atoms with Crippen LogP contribution >= 0.6 is 0 Å². The molecule has 0 aromatic carbocycles. The van der Waals surface area contributed by atoms with Gasteiger partial charge in [0.15, 0.2) is 0 Å². The fraction of sp³-hybridized carbons (Fsp3) is 0.545. The maximum atomic E-state index is 12.0. The molecule has 2 heterocycles. The summed E-state index contributed by atoms with van der Waals surface area (Å²) >= 11 is 0. The van der Waals surface area contributed by atoms with Crippen molar-refractivity contribution in [3.05, 3.63) is 18.2 Å². The fourth-order valence-corrected chi connectivity index (χ4v) is 1.62. The first-order valence-corrected chi connectivity index (χ1v) is 5.44. The first-order chi connectivity index (χ1) is 7.88. The summed E-state index contributed by atoms with van der Waals surface area (Å²) in [5.74, 6) is 0. The number of hydrogen-bond acceptors (Lipinski definition) is 4. The lowest BCUT2D eigenvalue weighted by Crippen LogP contribution is -2.47. The second-order valence-electron chi connectivity index (χ2n) is 4.92. The van der Waals surface area contributed by atoms with Gasteiger partial charge < -0.3 is 4.74 Å². The van der Waals surface area contributed by atoms with E-state index in [-0.39, 0.29) is 0 Å². The third-order valence-corrected chi connectivity index (χ3v) is 2.36. The van der Waals surface area contributed by atoms with Gasteiger partial charge in [0.05, 0.1) is 0 Å². The number of imide groups is 1. The molecule has 0 radical (unpaired) electrons. The summed E-state index contributed by atoms with van der Waals surface area (Å²) in [6.07, 6.45) is 3.03. The van der Waals surface area contributed by atoms with E-state index in [2.05, 4.69) is 4.98 Å². The summed E-state index contributed by atoms with van der Waals surface area (Å²) < 4.78 is 6.54. The Bertz CT molecular complexity index is 459. The largest absolute Gasteiger partial charge is 0.443 e. The molecule has 0 aliphatic carbocycles. The first-order valence-electron chi connectivity index (χ1n) is 5.44. The second kappa shape index (κ2) is 3.87. The molecular formula is C11H15N3O3. The van der Waals surface area contributed by atoms with Gasteiger partial charge in [-0.05, 0) is 20.8 Å². The molecule has 0 unspecified atom stereocenters. The number of imidazole rings is 1. The Labute approximate surface area is 99.2 Å². The van der Waals surface area contributed by atoms with Crippen molar-refractivity contribution in [1.82, 2.24) is 14.5 Å². The number of carbonyl (C=O) groups is 2. The number of rotatable bonds is 0. The van der Waals surface area contributed by atoms with Crippen LogP contribution in [0.5, 0.6) is 0 Å². The Morgan fingerprint density at radius 1 is 1.47 bits per heavy atom. The molecule has 1 aromatic heterocycles. The van der Waals surface area contributed by atoms with Crippen LogP contribution < -0.4 is 0 Å². The minimum atomic E-state index is -0.609. The number of ether oxygens (including phenoxy) is 1. The molecule has 1 aromatic rings. The maximum Gasteiger partial charge on any atom is 0.418 e. The van der Waals surface area contributed by atoms with Crippen molar-refractivity contribution in [3.8, 4) is 0 Å². The van der Waals surface area contributed by atoms with Crippen molar-refractivity contribution in [2.75, 3.05) is 6.54 Å². The van der Waals surface area contributed by atoms with E-state index in [0.29, 0.717) is 13.0 Å². The summed E-state index contributed by atoms with van der Waals surface area (Å²) in [5.41, 5.74) is 0.210. The molecule has 0 atom stereocenters. The molecule has 1 aliphatic heterocycles. The van der Waals surface area contributed by atoms with Gasteiger partial charge in [0.1, 0.15) is 11.9 Å². The molecule has 2 amide bonds. The van der Waals surface area contributed by atoms with E-state index in [1.54, 1.807) is 27.0 Å². The Morgan fingerprint density at radius 2 is 2.18 bits per heavy atom. The van der Waals surface area contributed by atoms with Crippen LogP contribution in [0, 0.1) is 0 Å². The normalized spacial score (nSPS) is 15.7. The van der Waals surface area contributed by atoms with E-state index >= 15 is 0 Å². The van der Waals surface area contributed by atoms with Crippen LogP contribution in [0.2, 0.25) is 0 Å². The Morgan fingerprint density at radius 3 is 2.82 bits per heavy atom. The van der Waals surface area contributed by atoms with Crippen molar-refractivity contribution >= 4 is 12.1 Å². The number of hydrogen-bond donors (Lipinski definition) is 0. The highest BCUT2D eigenvalue weighted by molar-refractivity contribution is 5.93. The van der Waals surface area contributed by atoms with Crippen molar-refractivity contribution < 1.29 is 14.3 Å². The van der Waals surface area contributed by atoms with Crippen molar-refractivity contribution in [2.45, 2.75) is 32.8 Å². The molecule has 92 valence electrons. The van der Waals surface area contributed by atoms with E-state index in [4.69, 9.17) is 4.74 Å². The lowest BCUT2D eigenvalue weighted by molar-refractivity contribution is 0.0313. The van der Waals surface area contributed by atoms with Crippen LogP contribution in [0.1, 0.15) is 26.5 Å². The predicted octanol–water partition coefficient (Wildman–Crippen LogP) is 1.64. The second-order valence-corrected chi connectivity index (χ2v) is 4.92. The average Bonchev–Trinajstić information content (AvgIpc) is 2.63. The van der Waals surface area contributed by atoms with E-state index < -0.39 is 17.7 Å². The molecule has 2 rings (SSSR count). The van der Waals surface area contributed by atoms with E-state index in [0.717, 1.165) is 10.6 Å². The SMILES string of the molecule is CC(C)(C)OC(=O)N1CCc2cncn2C1=O. The highest BCUT2D eigenvalue weighted by Gasteiger charge is 2.32. The van der Waals surface area contributed by atoms with Crippen LogP contribution in [0.25, 0.3) is 0 Å². The molecule has 1 aliphatic rings. The lowest BCUT2D eigenvalue weighted by Gasteiger charge is -2.28. The zero-order chi connectivity index (χ0) is 12.6. The van der Waals surface area contributed by atoms with Crippen LogP contribution in [-0.4, -0.2) is 38.7 Å². The van der Waals surface area contributed by atoms with Gasteiger partial charge in [-0.1, -0.05) is 0 Å². The smallest absolute Gasteiger partial charge is 0.418 e. The number of fused-ring (bicyclic) bond motifs is 1. The summed E-state index contributed by atoms with van der Waals surface area (Å²) in [6.45, 7) is 5.63. The number of carbonyl (C=O) groups excluding carboxylic acids is 2. The highest BCUT2D eigenvalue weighted by atomic mass is 16.6. The minimum Gasteiger partial charge on any atom is -0.443 e. The lowest BCUT2D eigenvalue weighted by atomic mass is 10.2. The molecule has 17 heavy (non-hydrogen) atoms. The molecule has 0 N–H and O–H groups in total. The van der Waals surface area contributed by atoms with Crippen LogP contribution in [0.15, 0.2) is 12.5 Å². The Hall–Kier alpha value is -1.85. The molecule has 0 spiro atoms. The monoisotopic (exact) mass is 237 g/mol. The minimum absolute atomic E-state index is 0.333. The van der Waals surface area contributed by atoms with E-state index in [9.17, 15) is 9.59 Å². The highest BCUT2D eigenvalue weighted by Crippen LogP contribution is 2.15. The van der Waals surface area contributed by atoms with Crippen LogP contribution in [0.3, 0.4) is 0 Å². The summed E-state index contributed by atoms with van der Waals surface area (Å²) in [6, 6.07) is -0.405. The number of nitrogens with zero attached hydrogens (tertiary/aromatic N) is 3. The van der Waals surface area contributed by atoms with Gasteiger partial charge in [0, 0.05) is 24.9 Å². The van der Waals surface area contributed by atoms with Gasteiger partial charge in [-0.25, -0.2) is 19.5 Å². The summed E-state index contributed by atoms with van der Waals surface area (Å²) in [7, 11) is 0. The van der Waals surface area contributed by atoms with Gasteiger partial charge in [-0.15, -0.1) is 0 Å². The van der Waals surface area contributed by atoms with Crippen molar-refractivity contribution in [2.24, 2.45) is 0 Å².